The van der Waals surface area contributed by atoms with E-state index in [4.69, 9.17) is 9.84 Å². The molecule has 4 unspecified atom stereocenters. The van der Waals surface area contributed by atoms with Crippen molar-refractivity contribution in [2.24, 2.45) is 11.8 Å². The van der Waals surface area contributed by atoms with Gasteiger partial charge in [0.2, 0.25) is 0 Å². The molecule has 0 aromatic heterocycles. The van der Waals surface area contributed by atoms with Gasteiger partial charge >= 0.3 is 12.0 Å². The normalized spacial score (nSPS) is 33.7. The number of likely N-dealkylation sites (tertiary alicyclic amines) is 1. The van der Waals surface area contributed by atoms with Crippen LogP contribution in [-0.4, -0.2) is 70.8 Å². The largest absolute Gasteiger partial charge is 0.482 e. The minimum absolute atomic E-state index is 0.108. The molecule has 4 atom stereocenters. The van der Waals surface area contributed by atoms with Gasteiger partial charge in [-0.05, 0) is 81.8 Å². The van der Waals surface area contributed by atoms with E-state index in [0.717, 1.165) is 62.3 Å². The Morgan fingerprint density at radius 3 is 2.22 bits per heavy atom. The summed E-state index contributed by atoms with van der Waals surface area (Å²) in [5.74, 6) is 1.36. The van der Waals surface area contributed by atoms with E-state index in [-0.39, 0.29) is 18.7 Å². The molecule has 2 aliphatic carbocycles. The third-order valence-electron chi connectivity index (χ3n) is 9.94. The van der Waals surface area contributed by atoms with E-state index in [1.54, 1.807) is 6.07 Å². The molecule has 2 saturated carbocycles. The second-order valence-electron chi connectivity index (χ2n) is 12.4. The Hall–Kier alpha value is -2.28. The van der Waals surface area contributed by atoms with Gasteiger partial charge in [0.25, 0.3) is 0 Å². The van der Waals surface area contributed by atoms with Crippen LogP contribution in [0.15, 0.2) is 24.3 Å². The first-order valence-corrected chi connectivity index (χ1v) is 14.9. The third kappa shape index (κ3) is 5.34. The fourth-order valence-electron chi connectivity index (χ4n) is 8.54. The Kier molecular flexibility index (Phi) is 7.33. The average molecular weight is 510 g/mol. The van der Waals surface area contributed by atoms with Crippen LogP contribution in [0, 0.1) is 11.8 Å². The van der Waals surface area contributed by atoms with Gasteiger partial charge in [0.05, 0.1) is 0 Å². The average Bonchev–Trinajstić information content (AvgIpc) is 3.42. The minimum Gasteiger partial charge on any atom is -0.482 e. The summed E-state index contributed by atoms with van der Waals surface area (Å²) in [4.78, 5) is 32.0. The topological polar surface area (TPSA) is 73.3 Å². The van der Waals surface area contributed by atoms with E-state index in [1.165, 1.54) is 57.8 Å². The zero-order valence-corrected chi connectivity index (χ0v) is 22.1. The standard InChI is InChI=1S/C30H43N3O4/c34-29(35)20-37-28-11-5-10-25(19-28)33(30(36)31-12-1-2-13-31)27-17-23-8-4-9-24(18-27)32(23)26-15-21-6-3-7-22(14-21)16-26/h5,10-11,19,21-24,26-27H,1-4,6-9,12-18,20H2,(H,34,35). The number of hydrogen-bond donors (Lipinski definition) is 1. The van der Waals surface area contributed by atoms with Crippen molar-refractivity contribution in [3.8, 4) is 5.75 Å². The molecule has 4 bridgehead atoms. The Bertz CT molecular complexity index is 953. The number of anilines is 1. The molecule has 1 aromatic carbocycles. The summed E-state index contributed by atoms with van der Waals surface area (Å²) < 4.78 is 5.50. The van der Waals surface area contributed by atoms with E-state index in [0.29, 0.717) is 17.8 Å². The van der Waals surface area contributed by atoms with Crippen molar-refractivity contribution in [2.45, 2.75) is 108 Å². The number of carbonyl (C=O) groups is 2. The summed E-state index contributed by atoms with van der Waals surface area (Å²) in [5.41, 5.74) is 0.837. The van der Waals surface area contributed by atoms with Crippen LogP contribution in [0.5, 0.6) is 5.75 Å². The fraction of sp³-hybridized carbons (Fsp3) is 0.733. The summed E-state index contributed by atoms with van der Waals surface area (Å²) in [6, 6.07) is 9.64. The Morgan fingerprint density at radius 2 is 1.54 bits per heavy atom. The predicted octanol–water partition coefficient (Wildman–Crippen LogP) is 5.53. The number of nitrogens with zero attached hydrogens (tertiary/aromatic N) is 3. The zero-order chi connectivity index (χ0) is 25.4. The summed E-state index contributed by atoms with van der Waals surface area (Å²) in [7, 11) is 0. The van der Waals surface area contributed by atoms with Gasteiger partial charge in [-0.2, -0.15) is 0 Å². The number of carboxylic acids is 1. The summed E-state index contributed by atoms with van der Waals surface area (Å²) in [6.07, 6.45) is 16.5. The van der Waals surface area contributed by atoms with Crippen LogP contribution < -0.4 is 9.64 Å². The van der Waals surface area contributed by atoms with Crippen molar-refractivity contribution >= 4 is 17.7 Å². The number of piperidine rings is 2. The van der Waals surface area contributed by atoms with Crippen LogP contribution in [0.4, 0.5) is 10.5 Å². The van der Waals surface area contributed by atoms with E-state index in [9.17, 15) is 9.59 Å². The monoisotopic (exact) mass is 509 g/mol. The van der Waals surface area contributed by atoms with Crippen molar-refractivity contribution < 1.29 is 19.4 Å². The van der Waals surface area contributed by atoms with E-state index in [1.807, 2.05) is 23.1 Å². The molecule has 2 amide bonds. The molecule has 3 heterocycles. The number of carbonyl (C=O) groups excluding carboxylic acids is 1. The maximum Gasteiger partial charge on any atom is 0.341 e. The van der Waals surface area contributed by atoms with Crippen LogP contribution in [0.25, 0.3) is 0 Å². The third-order valence-corrected chi connectivity index (χ3v) is 9.94. The number of urea groups is 1. The highest BCUT2D eigenvalue weighted by Gasteiger charge is 2.47. The molecule has 5 aliphatic rings. The smallest absolute Gasteiger partial charge is 0.341 e. The molecule has 1 aromatic rings. The maximum absolute atomic E-state index is 14.0. The quantitative estimate of drug-likeness (QED) is 0.546. The zero-order valence-electron chi connectivity index (χ0n) is 22.1. The minimum atomic E-state index is -0.998. The molecule has 0 radical (unpaired) electrons. The lowest BCUT2D eigenvalue weighted by Gasteiger charge is -2.56. The molecule has 7 heteroatoms. The van der Waals surface area contributed by atoms with Crippen molar-refractivity contribution in [1.82, 2.24) is 9.80 Å². The van der Waals surface area contributed by atoms with Gasteiger partial charge in [0, 0.05) is 49.0 Å². The number of benzene rings is 1. The van der Waals surface area contributed by atoms with E-state index < -0.39 is 5.97 Å². The number of amides is 2. The van der Waals surface area contributed by atoms with Crippen LogP contribution in [-0.2, 0) is 4.79 Å². The van der Waals surface area contributed by atoms with Crippen molar-refractivity contribution in [3.63, 3.8) is 0 Å². The molecule has 1 N–H and O–H groups in total. The molecule has 3 aliphatic heterocycles. The van der Waals surface area contributed by atoms with Crippen LogP contribution in [0.2, 0.25) is 0 Å². The van der Waals surface area contributed by atoms with Crippen molar-refractivity contribution in [2.75, 3.05) is 24.6 Å². The number of ether oxygens (including phenoxy) is 1. The second kappa shape index (κ2) is 10.8. The van der Waals surface area contributed by atoms with E-state index >= 15 is 0 Å². The first-order chi connectivity index (χ1) is 18.0. The molecule has 7 nitrogen and oxygen atoms in total. The lowest BCUT2D eigenvalue weighted by Crippen LogP contribution is -2.62. The molecule has 202 valence electrons. The highest BCUT2D eigenvalue weighted by molar-refractivity contribution is 5.93. The molecule has 5 fully saturated rings. The Morgan fingerprint density at radius 1 is 0.865 bits per heavy atom. The highest BCUT2D eigenvalue weighted by Crippen LogP contribution is 2.46. The SMILES string of the molecule is O=C(O)COc1cccc(N(C(=O)N2CCCC2)C2CC3CCCC(C2)N3C2CC3CCCC(C3)C2)c1. The molecular formula is C30H43N3O4. The van der Waals surface area contributed by atoms with Crippen LogP contribution in [0.1, 0.15) is 83.5 Å². The van der Waals surface area contributed by atoms with Gasteiger partial charge in [-0.15, -0.1) is 0 Å². The van der Waals surface area contributed by atoms with Gasteiger partial charge in [-0.1, -0.05) is 31.7 Å². The Balaban J connectivity index is 1.25. The summed E-state index contributed by atoms with van der Waals surface area (Å²) >= 11 is 0. The number of hydrogen-bond acceptors (Lipinski definition) is 4. The molecule has 37 heavy (non-hydrogen) atoms. The molecular weight excluding hydrogens is 466 g/mol. The predicted molar refractivity (Wildman–Crippen MR) is 143 cm³/mol. The summed E-state index contributed by atoms with van der Waals surface area (Å²) in [5, 5.41) is 9.06. The Labute approximate surface area is 221 Å². The van der Waals surface area contributed by atoms with Gasteiger partial charge in [0.15, 0.2) is 6.61 Å². The number of carboxylic acid groups (broad SMARTS) is 1. The van der Waals surface area contributed by atoms with Gasteiger partial charge in [-0.3, -0.25) is 9.80 Å². The van der Waals surface area contributed by atoms with Crippen molar-refractivity contribution in [3.05, 3.63) is 24.3 Å². The lowest BCUT2D eigenvalue weighted by atomic mass is 9.68. The van der Waals surface area contributed by atoms with Gasteiger partial charge in [-0.25, -0.2) is 9.59 Å². The van der Waals surface area contributed by atoms with Gasteiger partial charge in [0.1, 0.15) is 5.75 Å². The maximum atomic E-state index is 14.0. The summed E-state index contributed by atoms with van der Waals surface area (Å²) in [6.45, 7) is 1.26. The lowest BCUT2D eigenvalue weighted by molar-refractivity contribution is -0.139. The first-order valence-electron chi connectivity index (χ1n) is 14.9. The van der Waals surface area contributed by atoms with Gasteiger partial charge < -0.3 is 14.7 Å². The number of aliphatic carboxylic acids is 1. The number of rotatable bonds is 6. The van der Waals surface area contributed by atoms with E-state index in [2.05, 4.69) is 9.80 Å². The molecule has 3 saturated heterocycles. The highest BCUT2D eigenvalue weighted by atomic mass is 16.5. The first kappa shape index (κ1) is 25.0. The second-order valence-corrected chi connectivity index (χ2v) is 12.4. The molecule has 0 spiro atoms. The van der Waals surface area contributed by atoms with Crippen LogP contribution >= 0.6 is 0 Å². The number of fused-ring (bicyclic) bond motifs is 4. The van der Waals surface area contributed by atoms with Crippen LogP contribution in [0.3, 0.4) is 0 Å². The molecule has 6 rings (SSSR count). The fourth-order valence-corrected chi connectivity index (χ4v) is 8.54. The van der Waals surface area contributed by atoms with Crippen molar-refractivity contribution in [1.29, 1.82) is 0 Å².